The van der Waals surface area contributed by atoms with Crippen LogP contribution in [0.5, 0.6) is 0 Å². The molecule has 0 bridgehead atoms. The first-order chi connectivity index (χ1) is 9.63. The third-order valence-electron chi connectivity index (χ3n) is 3.15. The van der Waals surface area contributed by atoms with Crippen molar-refractivity contribution < 1.29 is 0 Å². The number of imidazole rings is 1. The van der Waals surface area contributed by atoms with Gasteiger partial charge in [0.25, 0.3) is 0 Å². The van der Waals surface area contributed by atoms with Gasteiger partial charge in [-0.1, -0.05) is 12.1 Å². The van der Waals surface area contributed by atoms with E-state index in [2.05, 4.69) is 39.7 Å². The Hall–Kier alpha value is -1.50. The average molecular weight is 304 g/mol. The molecule has 0 aliphatic heterocycles. The van der Waals surface area contributed by atoms with Crippen molar-refractivity contribution in [3.8, 4) is 0 Å². The lowest BCUT2D eigenvalue weighted by atomic mass is 10.3. The lowest BCUT2D eigenvalue weighted by Gasteiger charge is -2.15. The predicted molar refractivity (Wildman–Crippen MR) is 85.3 cm³/mol. The first-order valence-corrected chi connectivity index (χ1v) is 7.61. The molecule has 6 heteroatoms. The van der Waals surface area contributed by atoms with Crippen LogP contribution in [0.1, 0.15) is 5.01 Å². The number of aryl methyl sites for hydroxylation is 1. The molecule has 1 aromatic carbocycles. The number of benzene rings is 1. The summed E-state index contributed by atoms with van der Waals surface area (Å²) in [5.41, 5.74) is 1.08. The van der Waals surface area contributed by atoms with E-state index >= 15 is 0 Å². The molecular formula is C14H16N4S2. The number of fused-ring (bicyclic) bond motifs is 1. The van der Waals surface area contributed by atoms with Gasteiger partial charge in [0.1, 0.15) is 5.01 Å². The Morgan fingerprint density at radius 1 is 1.30 bits per heavy atom. The Morgan fingerprint density at radius 3 is 2.80 bits per heavy atom. The second kappa shape index (κ2) is 5.47. The van der Waals surface area contributed by atoms with Crippen molar-refractivity contribution in [1.29, 1.82) is 0 Å². The highest BCUT2D eigenvalue weighted by molar-refractivity contribution is 7.71. The van der Waals surface area contributed by atoms with Crippen LogP contribution in [0, 0.1) is 4.77 Å². The summed E-state index contributed by atoms with van der Waals surface area (Å²) in [4.78, 5) is 6.87. The van der Waals surface area contributed by atoms with Gasteiger partial charge in [-0.25, -0.2) is 4.98 Å². The molecule has 104 valence electrons. The fraction of sp³-hybridized carbons (Fsp3) is 0.286. The fourth-order valence-corrected chi connectivity index (χ4v) is 3.37. The third-order valence-corrected chi connectivity index (χ3v) is 4.70. The van der Waals surface area contributed by atoms with Gasteiger partial charge < -0.3 is 9.13 Å². The number of thiazole rings is 1. The molecule has 0 spiro atoms. The van der Waals surface area contributed by atoms with Gasteiger partial charge in [0.15, 0.2) is 4.77 Å². The molecule has 0 aliphatic carbocycles. The Morgan fingerprint density at radius 2 is 2.10 bits per heavy atom. The molecule has 2 heterocycles. The maximum absolute atomic E-state index is 5.35. The molecule has 3 rings (SSSR count). The van der Waals surface area contributed by atoms with Crippen LogP contribution in [0.15, 0.2) is 36.7 Å². The zero-order valence-electron chi connectivity index (χ0n) is 11.5. The number of aromatic nitrogens is 3. The first-order valence-electron chi connectivity index (χ1n) is 6.38. The van der Waals surface area contributed by atoms with Gasteiger partial charge in [-0.05, 0) is 31.4 Å². The summed E-state index contributed by atoms with van der Waals surface area (Å²) in [6, 6.07) is 8.25. The zero-order valence-corrected chi connectivity index (χ0v) is 13.1. The van der Waals surface area contributed by atoms with Crippen molar-refractivity contribution in [2.24, 2.45) is 7.05 Å². The van der Waals surface area contributed by atoms with Crippen molar-refractivity contribution in [2.75, 3.05) is 7.05 Å². The van der Waals surface area contributed by atoms with E-state index in [1.54, 1.807) is 11.3 Å². The second-order valence-corrected chi connectivity index (χ2v) is 6.37. The smallest absolute Gasteiger partial charge is 0.180 e. The molecular weight excluding hydrogens is 288 g/mol. The highest BCUT2D eigenvalue weighted by Gasteiger charge is 2.07. The van der Waals surface area contributed by atoms with Crippen molar-refractivity contribution in [3.05, 3.63) is 46.4 Å². The molecule has 2 aromatic heterocycles. The molecule has 3 aromatic rings. The van der Waals surface area contributed by atoms with E-state index < -0.39 is 0 Å². The monoisotopic (exact) mass is 304 g/mol. The van der Waals surface area contributed by atoms with Crippen molar-refractivity contribution in [2.45, 2.75) is 13.2 Å². The largest absolute Gasteiger partial charge is 0.327 e. The molecule has 0 saturated carbocycles. The summed E-state index contributed by atoms with van der Waals surface area (Å²) in [6.45, 7) is 1.60. The zero-order chi connectivity index (χ0) is 14.1. The number of rotatable bonds is 4. The molecule has 0 saturated heterocycles. The van der Waals surface area contributed by atoms with Gasteiger partial charge in [0.05, 0.1) is 23.4 Å². The van der Waals surface area contributed by atoms with E-state index in [0.717, 1.165) is 28.5 Å². The molecule has 4 nitrogen and oxygen atoms in total. The van der Waals surface area contributed by atoms with Gasteiger partial charge in [-0.2, -0.15) is 0 Å². The van der Waals surface area contributed by atoms with Gasteiger partial charge in [-0.3, -0.25) is 4.90 Å². The highest BCUT2D eigenvalue weighted by Crippen LogP contribution is 2.22. The molecule has 0 unspecified atom stereocenters. The molecule has 0 N–H and O–H groups in total. The normalized spacial score (nSPS) is 11.6. The molecule has 0 fully saturated rings. The van der Waals surface area contributed by atoms with Gasteiger partial charge in [0, 0.05) is 19.4 Å². The lowest BCUT2D eigenvalue weighted by molar-refractivity contribution is 0.258. The highest BCUT2D eigenvalue weighted by atomic mass is 32.1. The summed E-state index contributed by atoms with van der Waals surface area (Å²) in [5.74, 6) is 0. The first kappa shape index (κ1) is 13.5. The topological polar surface area (TPSA) is 26.0 Å². The van der Waals surface area contributed by atoms with E-state index in [1.165, 1.54) is 4.70 Å². The maximum Gasteiger partial charge on any atom is 0.180 e. The van der Waals surface area contributed by atoms with Crippen LogP contribution in [0.25, 0.3) is 10.2 Å². The van der Waals surface area contributed by atoms with Crippen LogP contribution in [-0.2, 0) is 20.3 Å². The van der Waals surface area contributed by atoms with E-state index in [1.807, 2.05) is 30.1 Å². The van der Waals surface area contributed by atoms with Crippen LogP contribution in [0.3, 0.4) is 0 Å². The van der Waals surface area contributed by atoms with E-state index in [4.69, 9.17) is 12.2 Å². The van der Waals surface area contributed by atoms with E-state index in [9.17, 15) is 0 Å². The average Bonchev–Trinajstić information content (AvgIpc) is 2.96. The minimum atomic E-state index is 0.773. The van der Waals surface area contributed by atoms with Crippen LogP contribution in [0.4, 0.5) is 0 Å². The second-order valence-electron chi connectivity index (χ2n) is 4.89. The standard InChI is InChI=1S/C14H16N4S2/c1-16(10-18-8-7-17(2)14(18)19)9-13-15-11-5-3-4-6-12(11)20-13/h3-8H,9-10H2,1-2H3. The van der Waals surface area contributed by atoms with Crippen LogP contribution in [-0.4, -0.2) is 26.1 Å². The summed E-state index contributed by atoms with van der Waals surface area (Å²) in [5, 5.41) is 1.14. The summed E-state index contributed by atoms with van der Waals surface area (Å²) < 4.78 is 6.08. The SMILES string of the molecule is CN(Cc1nc2ccccc2s1)Cn1ccn(C)c1=S. The lowest BCUT2D eigenvalue weighted by Crippen LogP contribution is -2.21. The van der Waals surface area contributed by atoms with Crippen molar-refractivity contribution >= 4 is 33.8 Å². The third kappa shape index (κ3) is 2.67. The predicted octanol–water partition coefficient (Wildman–Crippen LogP) is 3.26. The number of hydrogen-bond acceptors (Lipinski definition) is 4. The Kier molecular flexibility index (Phi) is 3.69. The molecule has 0 amide bonds. The summed E-state index contributed by atoms with van der Waals surface area (Å²) in [6.07, 6.45) is 3.99. The Labute approximate surface area is 126 Å². The van der Waals surface area contributed by atoms with Gasteiger partial charge in [-0.15, -0.1) is 11.3 Å². The Bertz CT molecular complexity index is 751. The quantitative estimate of drug-likeness (QED) is 0.692. The molecule has 0 atom stereocenters. The molecule has 0 radical (unpaired) electrons. The van der Waals surface area contributed by atoms with Gasteiger partial charge in [0.2, 0.25) is 0 Å². The summed E-state index contributed by atoms with van der Waals surface area (Å²) in [7, 11) is 4.05. The van der Waals surface area contributed by atoms with Gasteiger partial charge >= 0.3 is 0 Å². The van der Waals surface area contributed by atoms with E-state index in [0.29, 0.717) is 0 Å². The van der Waals surface area contributed by atoms with Crippen LogP contribution < -0.4 is 0 Å². The van der Waals surface area contributed by atoms with E-state index in [-0.39, 0.29) is 0 Å². The maximum atomic E-state index is 5.35. The Balaban J connectivity index is 1.74. The fourth-order valence-electron chi connectivity index (χ4n) is 2.15. The number of hydrogen-bond donors (Lipinski definition) is 0. The van der Waals surface area contributed by atoms with Crippen LogP contribution in [0.2, 0.25) is 0 Å². The molecule has 0 aliphatic rings. The number of nitrogens with zero attached hydrogens (tertiary/aromatic N) is 4. The summed E-state index contributed by atoms with van der Waals surface area (Å²) >= 11 is 7.10. The number of para-hydroxylation sites is 1. The van der Waals surface area contributed by atoms with Crippen LogP contribution >= 0.6 is 23.6 Å². The van der Waals surface area contributed by atoms with Crippen molar-refractivity contribution in [1.82, 2.24) is 19.0 Å². The minimum Gasteiger partial charge on any atom is -0.327 e. The minimum absolute atomic E-state index is 0.773. The molecule has 20 heavy (non-hydrogen) atoms. The van der Waals surface area contributed by atoms with Crippen molar-refractivity contribution in [3.63, 3.8) is 0 Å².